The summed E-state index contributed by atoms with van der Waals surface area (Å²) in [6.45, 7) is 0.794. The molecule has 1 saturated heterocycles. The molecule has 35 heavy (non-hydrogen) atoms. The van der Waals surface area contributed by atoms with E-state index >= 15 is 4.39 Å². The van der Waals surface area contributed by atoms with Crippen LogP contribution < -0.4 is 27.6 Å². The molecular formula is C21H25F7N4O3. The maximum absolute atomic E-state index is 15.5. The van der Waals surface area contributed by atoms with Gasteiger partial charge in [0.25, 0.3) is 5.56 Å². The van der Waals surface area contributed by atoms with Gasteiger partial charge in [-0.25, -0.2) is 9.18 Å². The van der Waals surface area contributed by atoms with Crippen LogP contribution in [0.5, 0.6) is 0 Å². The number of hydrogen-bond acceptors (Lipinski definition) is 5. The standard InChI is InChI=1S/C21H25F7N4O3/c1-8-15-13(18(34)30-19(35)32(15)11-2-3-11)17(33)14(22)16(8)31-6-9(10(5-29)7-31)4-12(20(23,24)25)21(26,27)28/h9-12,14,16,33H,2-7,29H2,1H3,(H,30,34,35). The number of fused-ring (bicyclic) bond motifs is 1. The number of nitrogens with one attached hydrogen (secondary N) is 1. The molecule has 7 nitrogen and oxygen atoms in total. The van der Waals surface area contributed by atoms with Crippen LogP contribution in [-0.4, -0.2) is 63.8 Å². The van der Waals surface area contributed by atoms with Crippen molar-refractivity contribution in [1.82, 2.24) is 14.5 Å². The highest BCUT2D eigenvalue weighted by atomic mass is 19.4. The van der Waals surface area contributed by atoms with Gasteiger partial charge < -0.3 is 10.8 Å². The highest BCUT2D eigenvalue weighted by Gasteiger charge is 2.58. The lowest BCUT2D eigenvalue weighted by molar-refractivity contribution is -0.288. The van der Waals surface area contributed by atoms with E-state index in [0.717, 1.165) is 0 Å². The number of H-pyrrole nitrogens is 1. The third-order valence-corrected chi connectivity index (χ3v) is 7.30. The molecule has 4 atom stereocenters. The van der Waals surface area contributed by atoms with Gasteiger partial charge in [0.15, 0.2) is 12.1 Å². The van der Waals surface area contributed by atoms with Crippen molar-refractivity contribution in [2.24, 2.45) is 23.5 Å². The second-order valence-electron chi connectivity index (χ2n) is 9.58. The quantitative estimate of drug-likeness (QED) is 0.510. The van der Waals surface area contributed by atoms with Crippen molar-refractivity contribution < 1.29 is 35.8 Å². The second kappa shape index (κ2) is 8.64. The number of likely N-dealkylation sites (tertiary alicyclic amines) is 1. The highest BCUT2D eigenvalue weighted by Crippen LogP contribution is 2.45. The molecule has 14 heteroatoms. The van der Waals surface area contributed by atoms with E-state index < -0.39 is 71.0 Å². The summed E-state index contributed by atoms with van der Waals surface area (Å²) < 4.78 is 95.7. The van der Waals surface area contributed by atoms with E-state index in [4.69, 9.17) is 5.73 Å². The predicted molar refractivity (Wildman–Crippen MR) is 110 cm³/mol. The van der Waals surface area contributed by atoms with Crippen molar-refractivity contribution in [2.45, 2.75) is 56.8 Å². The van der Waals surface area contributed by atoms with Crippen molar-refractivity contribution in [2.75, 3.05) is 19.6 Å². The number of aromatic nitrogens is 2. The van der Waals surface area contributed by atoms with Crippen LogP contribution in [0.25, 0.3) is 11.3 Å². The van der Waals surface area contributed by atoms with Crippen LogP contribution in [-0.2, 0) is 0 Å². The van der Waals surface area contributed by atoms with Gasteiger partial charge in [0.05, 0.1) is 11.4 Å². The summed E-state index contributed by atoms with van der Waals surface area (Å²) in [5.41, 5.74) is 4.14. The van der Waals surface area contributed by atoms with Gasteiger partial charge in [0.1, 0.15) is 11.0 Å². The van der Waals surface area contributed by atoms with Crippen LogP contribution in [0.4, 0.5) is 30.7 Å². The first-order valence-electron chi connectivity index (χ1n) is 11.2. The number of aliphatic hydroxyl groups is 1. The SMILES string of the molecule is CC1=c2c(c(=O)[nH]c(=O)n2C2CC2)=C(O)C(F)C1N1CC(CN)C(CC(C(F)(F)F)C(F)(F)F)C1. The largest absolute Gasteiger partial charge is 0.508 e. The maximum Gasteiger partial charge on any atom is 0.400 e. The third-order valence-electron chi connectivity index (χ3n) is 7.30. The van der Waals surface area contributed by atoms with E-state index in [1.807, 2.05) is 0 Å². The van der Waals surface area contributed by atoms with Gasteiger partial charge in [-0.1, -0.05) is 0 Å². The van der Waals surface area contributed by atoms with Gasteiger partial charge in [-0.3, -0.25) is 19.2 Å². The number of rotatable bonds is 5. The first-order chi connectivity index (χ1) is 16.2. The molecular weight excluding hydrogens is 489 g/mol. The van der Waals surface area contributed by atoms with Crippen molar-refractivity contribution in [3.05, 3.63) is 31.4 Å². The number of halogens is 7. The zero-order chi connectivity index (χ0) is 26.0. The Morgan fingerprint density at radius 2 is 1.66 bits per heavy atom. The monoisotopic (exact) mass is 514 g/mol. The molecule has 1 aliphatic heterocycles. The van der Waals surface area contributed by atoms with Crippen LogP contribution in [0.15, 0.2) is 9.59 Å². The van der Waals surface area contributed by atoms with Crippen molar-refractivity contribution in [3.63, 3.8) is 0 Å². The Labute approximate surface area is 193 Å². The Morgan fingerprint density at radius 3 is 2.17 bits per heavy atom. The van der Waals surface area contributed by atoms with E-state index in [2.05, 4.69) is 4.98 Å². The molecule has 1 aromatic rings. The van der Waals surface area contributed by atoms with Crippen molar-refractivity contribution in [1.29, 1.82) is 0 Å². The zero-order valence-corrected chi connectivity index (χ0v) is 18.6. The van der Waals surface area contributed by atoms with Crippen molar-refractivity contribution in [3.8, 4) is 0 Å². The Bertz CT molecular complexity index is 1220. The van der Waals surface area contributed by atoms with E-state index in [0.29, 0.717) is 12.8 Å². The Kier molecular flexibility index (Phi) is 6.36. The van der Waals surface area contributed by atoms with Crippen LogP contribution >= 0.6 is 0 Å². The lowest BCUT2D eigenvalue weighted by Crippen LogP contribution is -2.61. The average molecular weight is 514 g/mol. The predicted octanol–water partition coefficient (Wildman–Crippen LogP) is 1.07. The summed E-state index contributed by atoms with van der Waals surface area (Å²) in [6.07, 6.45) is -13.2. The smallest absolute Gasteiger partial charge is 0.400 e. The van der Waals surface area contributed by atoms with E-state index in [-0.39, 0.29) is 36.6 Å². The number of aliphatic hydroxyl groups excluding tert-OH is 1. The molecule has 196 valence electrons. The van der Waals surface area contributed by atoms with Crippen molar-refractivity contribution >= 4 is 11.3 Å². The van der Waals surface area contributed by atoms with E-state index in [9.17, 15) is 41.0 Å². The fourth-order valence-electron chi connectivity index (χ4n) is 5.45. The molecule has 0 amide bonds. The molecule has 0 radical (unpaired) electrons. The highest BCUT2D eigenvalue weighted by molar-refractivity contribution is 5.60. The van der Waals surface area contributed by atoms with Gasteiger partial charge in [0, 0.05) is 19.1 Å². The minimum absolute atomic E-state index is 0.0360. The summed E-state index contributed by atoms with van der Waals surface area (Å²) in [4.78, 5) is 28.3. The number of hydrogen-bond donors (Lipinski definition) is 3. The fraction of sp³-hybridized carbons (Fsp3) is 0.714. The topological polar surface area (TPSA) is 104 Å². The minimum Gasteiger partial charge on any atom is -0.508 e. The molecule has 4 unspecified atom stereocenters. The zero-order valence-electron chi connectivity index (χ0n) is 18.6. The lowest BCUT2D eigenvalue weighted by Gasteiger charge is -2.34. The third kappa shape index (κ3) is 4.50. The van der Waals surface area contributed by atoms with Gasteiger partial charge in [-0.15, -0.1) is 0 Å². The molecule has 4 N–H and O–H groups in total. The summed E-state index contributed by atoms with van der Waals surface area (Å²) in [6, 6.07) is -1.56. The first-order valence-corrected chi connectivity index (χ1v) is 11.2. The van der Waals surface area contributed by atoms with Crippen LogP contribution in [0.2, 0.25) is 0 Å². The minimum atomic E-state index is -5.51. The maximum atomic E-state index is 15.5. The molecule has 2 fully saturated rings. The van der Waals surface area contributed by atoms with Gasteiger partial charge in [-0.2, -0.15) is 26.3 Å². The molecule has 0 bridgehead atoms. The van der Waals surface area contributed by atoms with Gasteiger partial charge in [-0.05, 0) is 50.1 Å². The average Bonchev–Trinajstić information content (AvgIpc) is 3.48. The molecule has 3 aliphatic rings. The molecule has 1 aromatic heterocycles. The van der Waals surface area contributed by atoms with E-state index in [1.54, 1.807) is 0 Å². The molecule has 2 aliphatic carbocycles. The van der Waals surface area contributed by atoms with Gasteiger partial charge in [0.2, 0.25) is 0 Å². The van der Waals surface area contributed by atoms with Crippen LogP contribution in [0.1, 0.15) is 32.2 Å². The molecule has 2 heterocycles. The van der Waals surface area contributed by atoms with Crippen LogP contribution in [0, 0.1) is 17.8 Å². The number of alkyl halides is 7. The number of nitrogens with two attached hydrogens (primary N) is 1. The van der Waals surface area contributed by atoms with Gasteiger partial charge >= 0.3 is 18.0 Å². The fourth-order valence-corrected chi connectivity index (χ4v) is 5.45. The molecule has 0 aromatic carbocycles. The normalized spacial score (nSPS) is 28.2. The lowest BCUT2D eigenvalue weighted by atomic mass is 9.86. The Morgan fingerprint density at radius 1 is 1.09 bits per heavy atom. The summed E-state index contributed by atoms with van der Waals surface area (Å²) in [5.74, 6) is -6.40. The van der Waals surface area contributed by atoms with Crippen LogP contribution in [0.3, 0.4) is 0 Å². The number of aromatic amines is 1. The summed E-state index contributed by atoms with van der Waals surface area (Å²) in [7, 11) is 0. The second-order valence-corrected chi connectivity index (χ2v) is 9.58. The Hall–Kier alpha value is -2.35. The van der Waals surface area contributed by atoms with E-state index in [1.165, 1.54) is 16.4 Å². The molecule has 0 spiro atoms. The first kappa shape index (κ1) is 25.7. The summed E-state index contributed by atoms with van der Waals surface area (Å²) in [5, 5.41) is 10.2. The number of nitrogens with zero attached hydrogens (tertiary/aromatic N) is 2. The summed E-state index contributed by atoms with van der Waals surface area (Å²) >= 11 is 0. The molecule has 1 saturated carbocycles. The Balaban J connectivity index is 1.75. The molecule has 4 rings (SSSR count).